The first-order valence-electron chi connectivity index (χ1n) is 10.9. The summed E-state index contributed by atoms with van der Waals surface area (Å²) in [6.07, 6.45) is 4.33. The van der Waals surface area contributed by atoms with Crippen molar-refractivity contribution < 1.29 is 4.74 Å². The summed E-state index contributed by atoms with van der Waals surface area (Å²) in [5.41, 5.74) is 2.62. The molecule has 1 saturated heterocycles. The van der Waals surface area contributed by atoms with Gasteiger partial charge in [0.2, 0.25) is 0 Å². The van der Waals surface area contributed by atoms with Gasteiger partial charge < -0.3 is 14.6 Å². The van der Waals surface area contributed by atoms with Gasteiger partial charge in [0, 0.05) is 61.3 Å². The van der Waals surface area contributed by atoms with Crippen molar-refractivity contribution in [3.63, 3.8) is 0 Å². The van der Waals surface area contributed by atoms with E-state index < -0.39 is 0 Å². The fraction of sp³-hybridized carbons (Fsp3) is 0.417. The third-order valence-electron chi connectivity index (χ3n) is 5.69. The van der Waals surface area contributed by atoms with Crippen molar-refractivity contribution >= 4 is 22.9 Å². The number of para-hydroxylation sites is 1. The number of piperazine rings is 1. The van der Waals surface area contributed by atoms with Gasteiger partial charge in [0.05, 0.1) is 0 Å². The molecule has 0 bridgehead atoms. The zero-order valence-corrected chi connectivity index (χ0v) is 18.6. The number of likely N-dealkylation sites (N-methyl/N-ethyl adjacent to an activating group) is 1. The molecular weight excluding hydrogens is 392 g/mol. The summed E-state index contributed by atoms with van der Waals surface area (Å²) < 4.78 is 9.40. The molecule has 160 valence electrons. The maximum Gasteiger partial charge on any atom is 0.119 e. The fourth-order valence-electron chi connectivity index (χ4n) is 3.79. The lowest BCUT2D eigenvalue weighted by Gasteiger charge is -2.32. The lowest BCUT2D eigenvalue weighted by atomic mass is 10.1. The minimum absolute atomic E-state index is 0.752. The highest BCUT2D eigenvalue weighted by Gasteiger charge is 2.13. The van der Waals surface area contributed by atoms with Gasteiger partial charge in [-0.3, -0.25) is 9.62 Å². The number of aryl methyl sites for hydroxylation is 1. The summed E-state index contributed by atoms with van der Waals surface area (Å²) >= 11 is 1.69. The number of H-pyrrole nitrogens is 1. The minimum atomic E-state index is 0.752. The van der Waals surface area contributed by atoms with Crippen LogP contribution in [0.2, 0.25) is 0 Å². The van der Waals surface area contributed by atoms with E-state index in [1.165, 1.54) is 21.4 Å². The zero-order chi connectivity index (χ0) is 20.6. The molecule has 30 heavy (non-hydrogen) atoms. The van der Waals surface area contributed by atoms with Crippen LogP contribution in [0, 0.1) is 0 Å². The summed E-state index contributed by atoms with van der Waals surface area (Å²) in [6.45, 7) is 7.32. The fourth-order valence-corrected chi connectivity index (χ4v) is 4.48. The van der Waals surface area contributed by atoms with Gasteiger partial charge in [0.25, 0.3) is 0 Å². The summed E-state index contributed by atoms with van der Waals surface area (Å²) in [6, 6.07) is 16.9. The first kappa shape index (κ1) is 21.2. The monoisotopic (exact) mass is 424 g/mol. The second-order valence-electron chi connectivity index (χ2n) is 7.92. The number of nitrogens with zero attached hydrogens (tertiary/aromatic N) is 2. The molecule has 2 aromatic carbocycles. The van der Waals surface area contributed by atoms with Gasteiger partial charge in [0.15, 0.2) is 0 Å². The predicted octanol–water partition coefficient (Wildman–Crippen LogP) is 4.02. The second kappa shape index (κ2) is 10.9. The van der Waals surface area contributed by atoms with Crippen LogP contribution in [0.4, 0.5) is 0 Å². The van der Waals surface area contributed by atoms with E-state index in [9.17, 15) is 0 Å². The van der Waals surface area contributed by atoms with Crippen molar-refractivity contribution in [2.24, 2.45) is 0 Å². The molecular formula is C24H32N4OS. The lowest BCUT2D eigenvalue weighted by Crippen LogP contribution is -2.45. The molecule has 5 nitrogen and oxygen atoms in total. The first-order chi connectivity index (χ1) is 14.8. The van der Waals surface area contributed by atoms with Crippen LogP contribution in [0.5, 0.6) is 5.75 Å². The third-order valence-corrected chi connectivity index (χ3v) is 6.54. The number of nitrogens with one attached hydrogen (secondary N) is 2. The van der Waals surface area contributed by atoms with Crippen LogP contribution in [0.15, 0.2) is 59.6 Å². The van der Waals surface area contributed by atoms with E-state index in [2.05, 4.69) is 81.3 Å². The number of hydrogen-bond acceptors (Lipinski definition) is 5. The molecule has 1 fully saturated rings. The normalized spacial score (nSPS) is 15.6. The van der Waals surface area contributed by atoms with Crippen molar-refractivity contribution in [3.8, 4) is 5.75 Å². The molecule has 0 radical (unpaired) electrons. The summed E-state index contributed by atoms with van der Waals surface area (Å²) in [4.78, 5) is 9.42. The highest BCUT2D eigenvalue weighted by Crippen LogP contribution is 2.21. The van der Waals surface area contributed by atoms with E-state index in [1.54, 1.807) is 11.9 Å². The van der Waals surface area contributed by atoms with Crippen molar-refractivity contribution in [2.45, 2.75) is 17.7 Å². The Morgan fingerprint density at radius 2 is 1.83 bits per heavy atom. The highest BCUT2D eigenvalue weighted by molar-refractivity contribution is 7.97. The van der Waals surface area contributed by atoms with Crippen molar-refractivity contribution in [1.29, 1.82) is 0 Å². The van der Waals surface area contributed by atoms with Crippen molar-refractivity contribution in [2.75, 3.05) is 52.9 Å². The average Bonchev–Trinajstić information content (AvgIpc) is 3.19. The van der Waals surface area contributed by atoms with Gasteiger partial charge in [-0.15, -0.1) is 0 Å². The van der Waals surface area contributed by atoms with E-state index in [-0.39, 0.29) is 0 Å². The van der Waals surface area contributed by atoms with Crippen molar-refractivity contribution in [1.82, 2.24) is 19.5 Å². The Kier molecular flexibility index (Phi) is 7.70. The molecule has 1 aliphatic heterocycles. The second-order valence-corrected chi connectivity index (χ2v) is 8.89. The van der Waals surface area contributed by atoms with Gasteiger partial charge in [-0.2, -0.15) is 0 Å². The molecule has 0 unspecified atom stereocenters. The molecule has 2 N–H and O–H groups in total. The zero-order valence-electron chi connectivity index (χ0n) is 17.8. The maximum absolute atomic E-state index is 5.92. The predicted molar refractivity (Wildman–Crippen MR) is 126 cm³/mol. The Morgan fingerprint density at radius 1 is 1.03 bits per heavy atom. The van der Waals surface area contributed by atoms with Gasteiger partial charge in [-0.25, -0.2) is 0 Å². The largest absolute Gasteiger partial charge is 0.492 e. The van der Waals surface area contributed by atoms with Crippen LogP contribution in [0.1, 0.15) is 12.0 Å². The number of aromatic amines is 1. The Labute approximate surface area is 183 Å². The summed E-state index contributed by atoms with van der Waals surface area (Å²) in [5, 5.41) is 1.34. The molecule has 0 saturated carbocycles. The Balaban J connectivity index is 1.11. The topological polar surface area (TPSA) is 43.5 Å². The Bertz CT molecular complexity index is 903. The minimum Gasteiger partial charge on any atom is -0.492 e. The third kappa shape index (κ3) is 6.01. The van der Waals surface area contributed by atoms with Crippen LogP contribution < -0.4 is 9.46 Å². The molecule has 0 spiro atoms. The maximum atomic E-state index is 5.92. The van der Waals surface area contributed by atoms with E-state index >= 15 is 0 Å². The molecule has 1 aromatic heterocycles. The number of aromatic nitrogens is 1. The van der Waals surface area contributed by atoms with Gasteiger partial charge in [-0.05, 0) is 67.7 Å². The molecule has 0 aliphatic carbocycles. The number of hydrogen-bond donors (Lipinski definition) is 2. The number of fused-ring (bicyclic) bond motifs is 1. The Hall–Kier alpha value is -1.99. The van der Waals surface area contributed by atoms with Crippen LogP contribution in [-0.2, 0) is 6.42 Å². The van der Waals surface area contributed by atoms with Gasteiger partial charge >= 0.3 is 0 Å². The lowest BCUT2D eigenvalue weighted by molar-refractivity contribution is 0.133. The molecule has 0 amide bonds. The van der Waals surface area contributed by atoms with Crippen LogP contribution >= 0.6 is 11.9 Å². The number of rotatable bonds is 10. The van der Waals surface area contributed by atoms with Gasteiger partial charge in [0.1, 0.15) is 12.4 Å². The van der Waals surface area contributed by atoms with E-state index in [1.807, 2.05) is 0 Å². The quantitative estimate of drug-likeness (QED) is 0.380. The van der Waals surface area contributed by atoms with Crippen LogP contribution in [-0.4, -0.2) is 67.7 Å². The van der Waals surface area contributed by atoms with E-state index in [0.29, 0.717) is 0 Å². The van der Waals surface area contributed by atoms with E-state index in [0.717, 1.165) is 64.5 Å². The number of ether oxygens (including phenoxy) is 1. The van der Waals surface area contributed by atoms with Gasteiger partial charge in [-0.1, -0.05) is 18.2 Å². The first-order valence-corrected chi connectivity index (χ1v) is 11.7. The average molecular weight is 425 g/mol. The standard InChI is InChI=1S/C24H32N4OS/c1-27-13-15-28(16-14-27)17-18-29-21-8-10-22(11-9-21)30-26-12-4-5-20-19-25-24-7-3-2-6-23(20)24/h2-3,6-11,19,25-26H,4-5,12-18H2,1H3. The molecule has 1 aliphatic rings. The number of benzene rings is 2. The molecule has 0 atom stereocenters. The van der Waals surface area contributed by atoms with Crippen LogP contribution in [0.3, 0.4) is 0 Å². The summed E-state index contributed by atoms with van der Waals surface area (Å²) in [5.74, 6) is 0.952. The van der Waals surface area contributed by atoms with Crippen molar-refractivity contribution in [3.05, 3.63) is 60.3 Å². The molecule has 3 aromatic rings. The SMILES string of the molecule is CN1CCN(CCOc2ccc(SNCCCc3c[nH]c4ccccc34)cc2)CC1. The Morgan fingerprint density at radius 3 is 2.67 bits per heavy atom. The summed E-state index contributed by atoms with van der Waals surface area (Å²) in [7, 11) is 2.19. The van der Waals surface area contributed by atoms with Crippen LogP contribution in [0.25, 0.3) is 10.9 Å². The molecule has 6 heteroatoms. The van der Waals surface area contributed by atoms with E-state index in [4.69, 9.17) is 4.74 Å². The molecule has 2 heterocycles. The molecule has 4 rings (SSSR count). The smallest absolute Gasteiger partial charge is 0.119 e. The highest BCUT2D eigenvalue weighted by atomic mass is 32.2.